The van der Waals surface area contributed by atoms with Crippen molar-refractivity contribution < 1.29 is 19.3 Å². The molecule has 9 heteroatoms. The Bertz CT molecular complexity index is 1080. The van der Waals surface area contributed by atoms with Crippen molar-refractivity contribution in [3.63, 3.8) is 0 Å². The lowest BCUT2D eigenvalue weighted by Crippen LogP contribution is -2.42. The number of aromatic nitrogens is 3. The second-order valence-electron chi connectivity index (χ2n) is 8.64. The molecule has 2 fully saturated rings. The number of hydrogen-bond acceptors (Lipinski definition) is 8. The first kappa shape index (κ1) is 22.1. The Morgan fingerprint density at radius 1 is 1.15 bits per heavy atom. The summed E-state index contributed by atoms with van der Waals surface area (Å²) in [5, 5.41) is 15.8. The van der Waals surface area contributed by atoms with Crippen molar-refractivity contribution in [2.75, 3.05) is 51.8 Å². The Morgan fingerprint density at radius 2 is 2.03 bits per heavy atom. The van der Waals surface area contributed by atoms with Crippen LogP contribution in [0.25, 0.3) is 22.2 Å². The van der Waals surface area contributed by atoms with Crippen molar-refractivity contribution in [2.24, 2.45) is 0 Å². The summed E-state index contributed by atoms with van der Waals surface area (Å²) >= 11 is 0. The number of hydrogen-bond donors (Lipinski definition) is 2. The van der Waals surface area contributed by atoms with Gasteiger partial charge in [-0.2, -0.15) is 5.10 Å². The quantitative estimate of drug-likeness (QED) is 0.562. The number of pyridine rings is 1. The molecular formula is C24H31N5O4. The number of morpholine rings is 1. The van der Waals surface area contributed by atoms with Gasteiger partial charge in [0.25, 0.3) is 0 Å². The van der Waals surface area contributed by atoms with E-state index in [0.29, 0.717) is 31.3 Å². The molecule has 2 atom stereocenters. The second kappa shape index (κ2) is 10.0. The van der Waals surface area contributed by atoms with E-state index in [0.717, 1.165) is 61.1 Å². The molecule has 2 unspecified atom stereocenters. The van der Waals surface area contributed by atoms with Gasteiger partial charge in [-0.1, -0.05) is 6.07 Å². The van der Waals surface area contributed by atoms with Crippen LogP contribution in [0.3, 0.4) is 0 Å². The lowest BCUT2D eigenvalue weighted by molar-refractivity contribution is -0.0383. The highest BCUT2D eigenvalue weighted by Crippen LogP contribution is 2.33. The maximum atomic E-state index is 10.5. The van der Waals surface area contributed by atoms with Crippen molar-refractivity contribution in [1.29, 1.82) is 0 Å². The lowest BCUT2D eigenvalue weighted by Gasteiger charge is -2.28. The van der Waals surface area contributed by atoms with Crippen LogP contribution in [-0.4, -0.2) is 76.9 Å². The van der Waals surface area contributed by atoms with Crippen LogP contribution in [0.1, 0.15) is 25.5 Å². The van der Waals surface area contributed by atoms with Gasteiger partial charge in [0.1, 0.15) is 24.3 Å². The summed E-state index contributed by atoms with van der Waals surface area (Å²) in [6.45, 7) is 4.56. The number of nitrogen functional groups attached to an aromatic ring is 1. The minimum Gasteiger partial charge on any atom is -0.490 e. The number of nitrogens with two attached hydrogens (primary N) is 1. The van der Waals surface area contributed by atoms with Crippen molar-refractivity contribution in [2.45, 2.75) is 31.6 Å². The molecule has 4 heterocycles. The Kier molecular flexibility index (Phi) is 6.73. The van der Waals surface area contributed by atoms with Crippen molar-refractivity contribution >= 4 is 16.7 Å². The minimum absolute atomic E-state index is 0.0416. The maximum absolute atomic E-state index is 10.5. The molecular weight excluding hydrogens is 422 g/mol. The molecule has 2 aliphatic rings. The van der Waals surface area contributed by atoms with E-state index in [1.54, 1.807) is 12.3 Å². The van der Waals surface area contributed by atoms with E-state index < -0.39 is 6.10 Å². The zero-order valence-corrected chi connectivity index (χ0v) is 18.7. The highest BCUT2D eigenvalue weighted by atomic mass is 16.5. The molecule has 0 spiro atoms. The molecule has 0 bridgehead atoms. The van der Waals surface area contributed by atoms with Gasteiger partial charge in [-0.3, -0.25) is 4.90 Å². The molecule has 1 aromatic carbocycles. The van der Waals surface area contributed by atoms with Gasteiger partial charge in [0.15, 0.2) is 6.23 Å². The largest absolute Gasteiger partial charge is 0.490 e. The smallest absolute Gasteiger partial charge is 0.150 e. The van der Waals surface area contributed by atoms with E-state index in [4.69, 9.17) is 19.9 Å². The number of aliphatic hydroxyl groups excluding tert-OH is 1. The fourth-order valence-corrected chi connectivity index (χ4v) is 4.50. The van der Waals surface area contributed by atoms with Gasteiger partial charge in [0.05, 0.1) is 24.4 Å². The van der Waals surface area contributed by atoms with Gasteiger partial charge in [0.2, 0.25) is 0 Å². The zero-order chi connectivity index (χ0) is 22.6. The third kappa shape index (κ3) is 5.11. The summed E-state index contributed by atoms with van der Waals surface area (Å²) in [5.41, 5.74) is 8.80. The molecule has 0 saturated carbocycles. The lowest BCUT2D eigenvalue weighted by atomic mass is 10.1. The van der Waals surface area contributed by atoms with Gasteiger partial charge in [-0.15, -0.1) is 0 Å². The van der Waals surface area contributed by atoms with E-state index in [1.165, 1.54) is 0 Å². The topological polar surface area (TPSA) is 108 Å². The Labute approximate surface area is 193 Å². The molecule has 3 N–H and O–H groups in total. The van der Waals surface area contributed by atoms with Gasteiger partial charge in [-0.05, 0) is 37.5 Å². The molecule has 0 aliphatic carbocycles. The molecule has 9 nitrogen and oxygen atoms in total. The maximum Gasteiger partial charge on any atom is 0.150 e. The van der Waals surface area contributed by atoms with Crippen LogP contribution in [0.2, 0.25) is 0 Å². The summed E-state index contributed by atoms with van der Waals surface area (Å²) in [7, 11) is 0. The first-order chi connectivity index (χ1) is 16.2. The van der Waals surface area contributed by atoms with E-state index in [-0.39, 0.29) is 12.8 Å². The molecule has 2 aliphatic heterocycles. The molecule has 0 radical (unpaired) electrons. The number of fused-ring (bicyclic) bond motifs is 1. The van der Waals surface area contributed by atoms with Crippen molar-refractivity contribution in [3.05, 3.63) is 36.5 Å². The molecule has 3 aromatic rings. The van der Waals surface area contributed by atoms with Gasteiger partial charge in [-0.25, -0.2) is 9.67 Å². The third-order valence-corrected chi connectivity index (χ3v) is 6.19. The van der Waals surface area contributed by atoms with E-state index in [1.807, 2.05) is 28.9 Å². The summed E-state index contributed by atoms with van der Waals surface area (Å²) < 4.78 is 19.2. The van der Waals surface area contributed by atoms with Crippen LogP contribution in [0, 0.1) is 0 Å². The average molecular weight is 454 g/mol. The molecule has 2 saturated heterocycles. The third-order valence-electron chi connectivity index (χ3n) is 6.19. The zero-order valence-electron chi connectivity index (χ0n) is 18.7. The summed E-state index contributed by atoms with van der Waals surface area (Å²) in [6, 6.07) is 9.72. The molecule has 2 aromatic heterocycles. The summed E-state index contributed by atoms with van der Waals surface area (Å²) in [5.74, 6) is 0.996. The molecule has 5 rings (SSSR count). The number of β-amino-alcohol motifs (C(OH)–C–C–N with tert-alkyl or cyclic N) is 1. The molecule has 33 heavy (non-hydrogen) atoms. The first-order valence-corrected chi connectivity index (χ1v) is 11.6. The average Bonchev–Trinajstić information content (AvgIpc) is 3.33. The van der Waals surface area contributed by atoms with Crippen LogP contribution < -0.4 is 10.5 Å². The highest BCUT2D eigenvalue weighted by molar-refractivity contribution is 5.90. The van der Waals surface area contributed by atoms with Crippen LogP contribution in [0.5, 0.6) is 5.75 Å². The Hall–Kier alpha value is -2.72. The van der Waals surface area contributed by atoms with Crippen LogP contribution in [-0.2, 0) is 9.47 Å². The standard InChI is InChI=1S/C24H31N5O4/c25-23-14-22(33-16-18(30)15-28-8-11-31-12-9-28)19-5-4-17(13-20(19)27-23)21-6-7-26-29(21)24-3-1-2-10-32-24/h4-7,13-14,18,24,30H,1-3,8-12,15-16H2,(H2,25,27). The number of anilines is 1. The molecule has 0 amide bonds. The normalized spacial score (nSPS) is 20.7. The fourth-order valence-electron chi connectivity index (χ4n) is 4.50. The highest BCUT2D eigenvalue weighted by Gasteiger charge is 2.20. The van der Waals surface area contributed by atoms with Crippen molar-refractivity contribution in [1.82, 2.24) is 19.7 Å². The fraction of sp³-hybridized carbons (Fsp3) is 0.500. The Morgan fingerprint density at radius 3 is 2.85 bits per heavy atom. The number of rotatable bonds is 7. The Balaban J connectivity index is 1.34. The number of benzene rings is 1. The van der Waals surface area contributed by atoms with Crippen LogP contribution in [0.15, 0.2) is 36.5 Å². The molecule has 176 valence electrons. The monoisotopic (exact) mass is 453 g/mol. The number of ether oxygens (including phenoxy) is 3. The van der Waals surface area contributed by atoms with E-state index in [9.17, 15) is 5.11 Å². The van der Waals surface area contributed by atoms with Gasteiger partial charge < -0.3 is 25.1 Å². The van der Waals surface area contributed by atoms with Gasteiger partial charge >= 0.3 is 0 Å². The van der Waals surface area contributed by atoms with Gasteiger partial charge in [0, 0.05) is 49.5 Å². The van der Waals surface area contributed by atoms with E-state index in [2.05, 4.69) is 15.0 Å². The van der Waals surface area contributed by atoms with E-state index >= 15 is 0 Å². The predicted molar refractivity (Wildman–Crippen MR) is 125 cm³/mol. The first-order valence-electron chi connectivity index (χ1n) is 11.6. The number of aliphatic hydroxyl groups is 1. The minimum atomic E-state index is -0.600. The van der Waals surface area contributed by atoms with Crippen LogP contribution >= 0.6 is 0 Å². The second-order valence-corrected chi connectivity index (χ2v) is 8.64. The predicted octanol–water partition coefficient (Wildman–Crippen LogP) is 2.45. The van der Waals surface area contributed by atoms with Crippen LogP contribution in [0.4, 0.5) is 5.82 Å². The SMILES string of the molecule is Nc1cc(OCC(O)CN2CCOCC2)c2ccc(-c3ccnn3C3CCCCO3)cc2n1. The summed E-state index contributed by atoms with van der Waals surface area (Å²) in [6.07, 6.45) is 4.35. The number of nitrogens with zero attached hydrogens (tertiary/aromatic N) is 4. The summed E-state index contributed by atoms with van der Waals surface area (Å²) in [4.78, 5) is 6.70. The van der Waals surface area contributed by atoms with Crippen molar-refractivity contribution in [3.8, 4) is 17.0 Å².